The third-order valence-electron chi connectivity index (χ3n) is 4.42. The number of sulfonamides is 1. The van der Waals surface area contributed by atoms with Crippen molar-refractivity contribution in [3.63, 3.8) is 0 Å². The van der Waals surface area contributed by atoms with Crippen molar-refractivity contribution in [1.29, 1.82) is 0 Å². The predicted octanol–water partition coefficient (Wildman–Crippen LogP) is 0.806. The number of hydrogen-bond acceptors (Lipinski definition) is 8. The summed E-state index contributed by atoms with van der Waals surface area (Å²) in [4.78, 5) is 9.03. The van der Waals surface area contributed by atoms with Gasteiger partial charge in [0, 0.05) is 11.9 Å². The number of nitrogen functional groups attached to an aromatic ring is 1. The van der Waals surface area contributed by atoms with Gasteiger partial charge in [0.15, 0.2) is 11.5 Å². The van der Waals surface area contributed by atoms with Crippen LogP contribution in [0.4, 0.5) is 5.95 Å². The number of para-hydroxylation sites is 1. The Morgan fingerprint density at radius 3 is 2.55 bits per heavy atom. The smallest absolute Gasteiger partial charge is 0.238 e. The van der Waals surface area contributed by atoms with Crippen molar-refractivity contribution in [2.75, 3.05) is 12.8 Å². The third-order valence-corrected chi connectivity index (χ3v) is 5.35. The minimum absolute atomic E-state index is 0.0774. The lowest BCUT2D eigenvalue weighted by Crippen LogP contribution is -2.15. The Balaban J connectivity index is 1.54. The minimum atomic E-state index is -3.69. The van der Waals surface area contributed by atoms with Crippen LogP contribution in [0.15, 0.2) is 47.4 Å². The summed E-state index contributed by atoms with van der Waals surface area (Å²) < 4.78 is 29.5. The average Bonchev–Trinajstić information content (AvgIpc) is 3.12. The highest BCUT2D eigenvalue weighted by Crippen LogP contribution is 2.27. The van der Waals surface area contributed by atoms with Crippen molar-refractivity contribution < 1.29 is 13.2 Å². The van der Waals surface area contributed by atoms with Gasteiger partial charge in [-0.05, 0) is 29.8 Å². The van der Waals surface area contributed by atoms with Gasteiger partial charge in [0.25, 0.3) is 0 Å². The van der Waals surface area contributed by atoms with E-state index in [1.54, 1.807) is 19.2 Å². The number of benzene rings is 2. The van der Waals surface area contributed by atoms with Crippen LogP contribution in [0.3, 0.4) is 0 Å². The van der Waals surface area contributed by atoms with Gasteiger partial charge in [0.2, 0.25) is 16.0 Å². The number of hydrogen-bond donors (Lipinski definition) is 3. The second-order valence-electron chi connectivity index (χ2n) is 6.38. The fourth-order valence-corrected chi connectivity index (χ4v) is 3.54. The van der Waals surface area contributed by atoms with Crippen molar-refractivity contribution in [1.82, 2.24) is 24.9 Å². The number of ether oxygens (including phenoxy) is 1. The molecule has 2 aromatic heterocycles. The van der Waals surface area contributed by atoms with Crippen molar-refractivity contribution in [3.05, 3.63) is 53.9 Å². The third kappa shape index (κ3) is 3.70. The SMILES string of the molecule is COc1cccc2c1nc(N)n1nc(CNCc3ccc(S(N)(=O)=O)cc3)nc21. The van der Waals surface area contributed by atoms with E-state index in [1.165, 1.54) is 16.6 Å². The quantitative estimate of drug-likeness (QED) is 0.420. The Morgan fingerprint density at radius 2 is 1.86 bits per heavy atom. The molecule has 4 rings (SSSR count). The fourth-order valence-electron chi connectivity index (χ4n) is 3.02. The molecule has 2 heterocycles. The summed E-state index contributed by atoms with van der Waals surface area (Å²) in [6.45, 7) is 0.895. The maximum absolute atomic E-state index is 11.3. The zero-order valence-electron chi connectivity index (χ0n) is 15.5. The van der Waals surface area contributed by atoms with E-state index in [2.05, 4.69) is 20.4 Å². The molecule has 0 bridgehead atoms. The van der Waals surface area contributed by atoms with Gasteiger partial charge in [-0.3, -0.25) is 0 Å². The predicted molar refractivity (Wildman–Crippen MR) is 108 cm³/mol. The van der Waals surface area contributed by atoms with E-state index in [0.717, 1.165) is 10.9 Å². The molecule has 29 heavy (non-hydrogen) atoms. The molecule has 0 amide bonds. The van der Waals surface area contributed by atoms with Crippen LogP contribution < -0.4 is 20.9 Å². The number of nitrogens with one attached hydrogen (secondary N) is 1. The van der Waals surface area contributed by atoms with Crippen molar-refractivity contribution in [2.45, 2.75) is 18.0 Å². The summed E-state index contributed by atoms with van der Waals surface area (Å²) in [5.41, 5.74) is 8.17. The monoisotopic (exact) mass is 413 g/mol. The molecule has 0 aliphatic rings. The van der Waals surface area contributed by atoms with Gasteiger partial charge in [0.1, 0.15) is 11.3 Å². The highest BCUT2D eigenvalue weighted by Gasteiger charge is 2.14. The Kier molecular flexibility index (Phi) is 4.78. The maximum Gasteiger partial charge on any atom is 0.238 e. The molecule has 150 valence electrons. The van der Waals surface area contributed by atoms with Gasteiger partial charge in [0.05, 0.1) is 18.6 Å². The van der Waals surface area contributed by atoms with Crippen LogP contribution in [0.25, 0.3) is 16.6 Å². The van der Waals surface area contributed by atoms with Crippen LogP contribution in [0.2, 0.25) is 0 Å². The van der Waals surface area contributed by atoms with Crippen LogP contribution in [0, 0.1) is 0 Å². The first-order chi connectivity index (χ1) is 13.9. The molecule has 0 atom stereocenters. The molecule has 0 saturated carbocycles. The Hall–Kier alpha value is -3.28. The molecule has 0 aliphatic heterocycles. The lowest BCUT2D eigenvalue weighted by molar-refractivity contribution is 0.419. The van der Waals surface area contributed by atoms with Crippen LogP contribution in [0.1, 0.15) is 11.4 Å². The molecule has 11 heteroatoms. The number of fused-ring (bicyclic) bond motifs is 3. The summed E-state index contributed by atoms with van der Waals surface area (Å²) >= 11 is 0. The normalized spacial score (nSPS) is 11.9. The topological polar surface area (TPSA) is 151 Å². The molecule has 2 aromatic carbocycles. The number of anilines is 1. The second kappa shape index (κ2) is 7.28. The highest BCUT2D eigenvalue weighted by atomic mass is 32.2. The van der Waals surface area contributed by atoms with E-state index in [4.69, 9.17) is 15.6 Å². The Labute approximate surface area is 166 Å². The second-order valence-corrected chi connectivity index (χ2v) is 7.94. The number of nitrogens with zero attached hydrogens (tertiary/aromatic N) is 4. The van der Waals surface area contributed by atoms with Gasteiger partial charge >= 0.3 is 0 Å². The van der Waals surface area contributed by atoms with E-state index in [-0.39, 0.29) is 10.8 Å². The molecule has 0 fully saturated rings. The first-order valence-corrected chi connectivity index (χ1v) is 10.2. The van der Waals surface area contributed by atoms with Gasteiger partial charge < -0.3 is 15.8 Å². The molecule has 0 unspecified atom stereocenters. The lowest BCUT2D eigenvalue weighted by atomic mass is 10.2. The summed E-state index contributed by atoms with van der Waals surface area (Å²) in [6, 6.07) is 11.9. The fraction of sp³-hybridized carbons (Fsp3) is 0.167. The van der Waals surface area contributed by atoms with E-state index in [1.807, 2.05) is 18.2 Å². The number of methoxy groups -OCH3 is 1. The number of nitrogens with two attached hydrogens (primary N) is 2. The van der Waals surface area contributed by atoms with E-state index in [0.29, 0.717) is 35.8 Å². The highest BCUT2D eigenvalue weighted by molar-refractivity contribution is 7.89. The largest absolute Gasteiger partial charge is 0.494 e. The Morgan fingerprint density at radius 1 is 1.10 bits per heavy atom. The lowest BCUT2D eigenvalue weighted by Gasteiger charge is -2.06. The standard InChI is InChI=1S/C18H19N7O3S/c1-28-14-4-2-3-13-16(14)23-18(19)25-17(13)22-15(24-25)10-21-9-11-5-7-12(8-6-11)29(20,26)27/h2-8,21H,9-10H2,1H3,(H2,19,23)(H2,20,26,27). The van der Waals surface area contributed by atoms with Crippen LogP contribution in [-0.4, -0.2) is 35.1 Å². The number of rotatable bonds is 6. The van der Waals surface area contributed by atoms with Crippen molar-refractivity contribution >= 4 is 32.5 Å². The molecular formula is C18H19N7O3S. The van der Waals surface area contributed by atoms with Crippen molar-refractivity contribution in [3.8, 4) is 5.75 Å². The molecule has 0 aliphatic carbocycles. The average molecular weight is 413 g/mol. The number of primary sulfonamides is 1. The van der Waals surface area contributed by atoms with Crippen molar-refractivity contribution in [2.24, 2.45) is 5.14 Å². The Bertz CT molecular complexity index is 1300. The van der Waals surface area contributed by atoms with Gasteiger partial charge in [-0.15, -0.1) is 5.10 Å². The summed E-state index contributed by atoms with van der Waals surface area (Å²) in [5.74, 6) is 1.38. The zero-order chi connectivity index (χ0) is 20.6. The van der Waals surface area contributed by atoms with Gasteiger partial charge in [-0.25, -0.2) is 23.5 Å². The molecular weight excluding hydrogens is 394 g/mol. The summed E-state index contributed by atoms with van der Waals surface area (Å²) in [5, 5.41) is 13.5. The first-order valence-electron chi connectivity index (χ1n) is 8.67. The minimum Gasteiger partial charge on any atom is -0.494 e. The molecule has 0 spiro atoms. The summed E-state index contributed by atoms with van der Waals surface area (Å²) in [6.07, 6.45) is 0. The zero-order valence-corrected chi connectivity index (χ0v) is 16.3. The molecule has 4 aromatic rings. The number of aromatic nitrogens is 4. The summed E-state index contributed by atoms with van der Waals surface area (Å²) in [7, 11) is -2.12. The molecule has 0 saturated heterocycles. The van der Waals surface area contributed by atoms with E-state index < -0.39 is 10.0 Å². The van der Waals surface area contributed by atoms with Gasteiger partial charge in [-0.1, -0.05) is 18.2 Å². The first kappa shape index (κ1) is 19.1. The van der Waals surface area contributed by atoms with Crippen LogP contribution >= 0.6 is 0 Å². The maximum atomic E-state index is 11.3. The van der Waals surface area contributed by atoms with Gasteiger partial charge in [-0.2, -0.15) is 4.52 Å². The molecule has 10 nitrogen and oxygen atoms in total. The van der Waals surface area contributed by atoms with E-state index in [9.17, 15) is 8.42 Å². The van der Waals surface area contributed by atoms with Crippen LogP contribution in [0.5, 0.6) is 5.75 Å². The molecule has 5 N–H and O–H groups in total. The van der Waals surface area contributed by atoms with Crippen LogP contribution in [-0.2, 0) is 23.1 Å². The van der Waals surface area contributed by atoms with E-state index >= 15 is 0 Å². The molecule has 0 radical (unpaired) electrons.